The van der Waals surface area contributed by atoms with Crippen molar-refractivity contribution in [2.45, 2.75) is 72.8 Å². The predicted octanol–water partition coefficient (Wildman–Crippen LogP) is 5.63. The van der Waals surface area contributed by atoms with Gasteiger partial charge >= 0.3 is 0 Å². The number of rotatable bonds is 11. The number of aryl methyl sites for hydroxylation is 2. The Labute approximate surface area is 259 Å². The minimum Gasteiger partial charge on any atom is -0.489 e. The lowest BCUT2D eigenvalue weighted by molar-refractivity contribution is -0.122. The van der Waals surface area contributed by atoms with Crippen LogP contribution in [0.4, 0.5) is 0 Å². The first-order valence-electron chi connectivity index (χ1n) is 15.1. The molecule has 5 rings (SSSR count). The van der Waals surface area contributed by atoms with E-state index in [1.54, 1.807) is 4.90 Å². The van der Waals surface area contributed by atoms with Crippen LogP contribution in [0.5, 0.6) is 11.6 Å². The van der Waals surface area contributed by atoms with Crippen LogP contribution >= 0.6 is 11.6 Å². The molecule has 2 aromatic carbocycles. The van der Waals surface area contributed by atoms with E-state index in [1.807, 2.05) is 70.2 Å². The normalized spacial score (nSPS) is 15.1. The number of halogens is 1. The van der Waals surface area contributed by atoms with Gasteiger partial charge in [-0.1, -0.05) is 41.9 Å². The fourth-order valence-electron chi connectivity index (χ4n) is 5.84. The molecule has 0 bridgehead atoms. The van der Waals surface area contributed by atoms with Crippen LogP contribution in [0.25, 0.3) is 0 Å². The predicted molar refractivity (Wildman–Crippen MR) is 168 cm³/mol. The van der Waals surface area contributed by atoms with Gasteiger partial charge in [-0.2, -0.15) is 0 Å². The molecule has 3 heterocycles. The maximum absolute atomic E-state index is 14.1. The summed E-state index contributed by atoms with van der Waals surface area (Å²) in [4.78, 5) is 35.5. The zero-order valence-corrected chi connectivity index (χ0v) is 26.3. The summed E-state index contributed by atoms with van der Waals surface area (Å²) in [6, 6.07) is 13.8. The number of benzene rings is 2. The Kier molecular flexibility index (Phi) is 9.88. The van der Waals surface area contributed by atoms with E-state index in [1.165, 1.54) is 0 Å². The van der Waals surface area contributed by atoms with E-state index < -0.39 is 0 Å². The fraction of sp³-hybridized carbons (Fsp3) is 0.441. The van der Waals surface area contributed by atoms with E-state index in [2.05, 4.69) is 15.2 Å². The summed E-state index contributed by atoms with van der Waals surface area (Å²) in [5.41, 5.74) is 5.95. The van der Waals surface area contributed by atoms with E-state index in [0.717, 1.165) is 59.4 Å². The van der Waals surface area contributed by atoms with Crippen LogP contribution in [0.3, 0.4) is 0 Å². The number of pyridine rings is 1. The Morgan fingerprint density at radius 2 is 1.84 bits per heavy atom. The van der Waals surface area contributed by atoms with Gasteiger partial charge in [-0.3, -0.25) is 14.5 Å². The highest BCUT2D eigenvalue weighted by Crippen LogP contribution is 2.38. The topological polar surface area (TPSA) is 84.0 Å². The highest BCUT2D eigenvalue weighted by molar-refractivity contribution is 6.35. The number of hydrogen-bond acceptors (Lipinski definition) is 6. The molecule has 8 nitrogen and oxygen atoms in total. The Morgan fingerprint density at radius 3 is 2.56 bits per heavy atom. The third-order valence-corrected chi connectivity index (χ3v) is 8.35. The van der Waals surface area contributed by atoms with Gasteiger partial charge in [-0.05, 0) is 94.4 Å². The van der Waals surface area contributed by atoms with Crippen molar-refractivity contribution in [1.29, 1.82) is 0 Å². The van der Waals surface area contributed by atoms with E-state index >= 15 is 0 Å². The Hall–Kier alpha value is -3.62. The number of fused-ring (bicyclic) bond motifs is 1. The number of carbonyl (C=O) groups excluding carboxylic acids is 2. The van der Waals surface area contributed by atoms with Crippen molar-refractivity contribution in [3.05, 3.63) is 86.6 Å². The molecule has 2 amide bonds. The van der Waals surface area contributed by atoms with Crippen LogP contribution in [-0.4, -0.2) is 58.9 Å². The van der Waals surface area contributed by atoms with Crippen LogP contribution < -0.4 is 14.8 Å². The summed E-state index contributed by atoms with van der Waals surface area (Å²) in [6.07, 6.45) is 2.74. The second-order valence-corrected chi connectivity index (χ2v) is 12.1. The van der Waals surface area contributed by atoms with Crippen LogP contribution in [0.1, 0.15) is 70.6 Å². The summed E-state index contributed by atoms with van der Waals surface area (Å²) in [6.45, 7) is 11.6. The van der Waals surface area contributed by atoms with E-state index in [9.17, 15) is 9.59 Å². The monoisotopic (exact) mass is 604 g/mol. The van der Waals surface area contributed by atoms with Gasteiger partial charge in [0.05, 0.1) is 29.8 Å². The maximum Gasteiger partial charge on any atom is 0.256 e. The first-order chi connectivity index (χ1) is 20.7. The van der Waals surface area contributed by atoms with E-state index in [4.69, 9.17) is 21.1 Å². The van der Waals surface area contributed by atoms with Gasteiger partial charge in [-0.25, -0.2) is 4.98 Å². The highest BCUT2D eigenvalue weighted by Gasteiger charge is 2.32. The number of nitrogens with zero attached hydrogens (tertiary/aromatic N) is 3. The fourth-order valence-corrected chi connectivity index (χ4v) is 6.13. The van der Waals surface area contributed by atoms with Gasteiger partial charge < -0.3 is 19.7 Å². The number of ether oxygens (including phenoxy) is 2. The molecular weight excluding hydrogens is 564 g/mol. The summed E-state index contributed by atoms with van der Waals surface area (Å²) in [5.74, 6) is 0.795. The lowest BCUT2D eigenvalue weighted by Gasteiger charge is -2.32. The first kappa shape index (κ1) is 30.8. The molecule has 3 aromatic rings. The van der Waals surface area contributed by atoms with Crippen LogP contribution in [0.15, 0.2) is 42.5 Å². The Balaban J connectivity index is 1.39. The SMILES string of the molecule is Cc1cc(C)c(CN2CCc3c(CNC(=O)CN4CCCC4)cc(OC(C)C)c(Cl)c3C2=O)c(OCc2ccccc2)n1. The molecule has 1 aromatic heterocycles. The molecule has 0 saturated carbocycles. The Bertz CT molecular complexity index is 1470. The highest BCUT2D eigenvalue weighted by atomic mass is 35.5. The number of likely N-dealkylation sites (tertiary alicyclic amines) is 1. The van der Waals surface area contributed by atoms with Gasteiger partial charge in [0.2, 0.25) is 11.8 Å². The van der Waals surface area contributed by atoms with Crippen LogP contribution in [-0.2, 0) is 30.9 Å². The van der Waals surface area contributed by atoms with Gasteiger partial charge in [0.15, 0.2) is 0 Å². The molecule has 2 aliphatic rings. The number of nitrogens with one attached hydrogen (secondary N) is 1. The first-order valence-corrected chi connectivity index (χ1v) is 15.5. The molecule has 1 fully saturated rings. The molecule has 1 saturated heterocycles. The molecule has 9 heteroatoms. The molecular formula is C34H41ClN4O4. The van der Waals surface area contributed by atoms with Gasteiger partial charge in [-0.15, -0.1) is 0 Å². The van der Waals surface area contributed by atoms with Crippen LogP contribution in [0.2, 0.25) is 5.02 Å². The standard InChI is InChI=1S/C34H41ClN4O4/c1-22(2)43-29-17-26(18-36-30(40)20-38-13-8-9-14-38)27-12-15-39(34(41)31(27)32(29)35)19-28-23(3)16-24(4)37-33(28)42-21-25-10-6-5-7-11-25/h5-7,10-11,16-17,22H,8-9,12-15,18-21H2,1-4H3,(H,36,40). The zero-order chi connectivity index (χ0) is 30.5. The molecule has 0 spiro atoms. The van der Waals surface area contributed by atoms with Gasteiger partial charge in [0, 0.05) is 24.3 Å². The second kappa shape index (κ2) is 13.8. The molecule has 0 unspecified atom stereocenters. The maximum atomic E-state index is 14.1. The lowest BCUT2D eigenvalue weighted by atomic mass is 9.92. The van der Waals surface area contributed by atoms with Crippen molar-refractivity contribution < 1.29 is 19.1 Å². The number of amides is 2. The van der Waals surface area contributed by atoms with Crippen molar-refractivity contribution in [2.24, 2.45) is 0 Å². The minimum absolute atomic E-state index is 0.0222. The van der Waals surface area contributed by atoms with Crippen LogP contribution in [0, 0.1) is 13.8 Å². The average molecular weight is 605 g/mol. The largest absolute Gasteiger partial charge is 0.489 e. The summed E-state index contributed by atoms with van der Waals surface area (Å²) in [5, 5.41) is 3.37. The number of aromatic nitrogens is 1. The quantitative estimate of drug-likeness (QED) is 0.305. The van der Waals surface area contributed by atoms with Gasteiger partial charge in [0.1, 0.15) is 12.4 Å². The minimum atomic E-state index is -0.168. The summed E-state index contributed by atoms with van der Waals surface area (Å²) >= 11 is 6.88. The lowest BCUT2D eigenvalue weighted by Crippen LogP contribution is -2.39. The molecule has 1 N–H and O–H groups in total. The third-order valence-electron chi connectivity index (χ3n) is 7.97. The summed E-state index contributed by atoms with van der Waals surface area (Å²) < 4.78 is 12.2. The number of hydrogen-bond donors (Lipinski definition) is 1. The smallest absolute Gasteiger partial charge is 0.256 e. The van der Waals surface area contributed by atoms with Gasteiger partial charge in [0.25, 0.3) is 5.91 Å². The zero-order valence-electron chi connectivity index (χ0n) is 25.5. The van der Waals surface area contributed by atoms with Crippen molar-refractivity contribution in [1.82, 2.24) is 20.1 Å². The molecule has 0 aliphatic carbocycles. The Morgan fingerprint density at radius 1 is 1.09 bits per heavy atom. The van der Waals surface area contributed by atoms with Crippen molar-refractivity contribution >= 4 is 23.4 Å². The molecule has 0 atom stereocenters. The van der Waals surface area contributed by atoms with Crippen molar-refractivity contribution in [3.63, 3.8) is 0 Å². The second-order valence-electron chi connectivity index (χ2n) is 11.7. The van der Waals surface area contributed by atoms with Crippen molar-refractivity contribution in [2.75, 3.05) is 26.2 Å². The molecule has 2 aliphatic heterocycles. The molecule has 43 heavy (non-hydrogen) atoms. The van der Waals surface area contributed by atoms with E-state index in [0.29, 0.717) is 61.4 Å². The molecule has 228 valence electrons. The van der Waals surface area contributed by atoms with E-state index in [-0.39, 0.29) is 17.9 Å². The number of carbonyl (C=O) groups is 2. The third kappa shape index (κ3) is 7.48. The average Bonchev–Trinajstić information content (AvgIpc) is 3.48. The van der Waals surface area contributed by atoms with Crippen molar-refractivity contribution in [3.8, 4) is 11.6 Å². The summed E-state index contributed by atoms with van der Waals surface area (Å²) in [7, 11) is 0. The molecule has 0 radical (unpaired) electrons.